The zero-order valence-corrected chi connectivity index (χ0v) is 18.1. The molecule has 0 amide bonds. The number of halogens is 8. The maximum atomic E-state index is 14.6. The molecule has 1 saturated carbocycles. The normalized spacial score (nSPS) is 20.5. The minimum atomic E-state index is -4.86. The fraction of sp³-hybridized carbons (Fsp3) is 0.348. The first kappa shape index (κ1) is 25.1. The minimum absolute atomic E-state index is 0.0561. The first-order valence-corrected chi connectivity index (χ1v) is 10.1. The highest BCUT2D eigenvalue weighted by Crippen LogP contribution is 2.61. The molecular weight excluding hydrogens is 477 g/mol. The predicted octanol–water partition coefficient (Wildman–Crippen LogP) is 7.11. The maximum Gasteiger partial charge on any atom is 0.431 e. The third kappa shape index (κ3) is 5.18. The Labute approximate surface area is 190 Å². The first-order chi connectivity index (χ1) is 15.2. The Bertz CT molecular complexity index is 1080. The van der Waals surface area contributed by atoms with Crippen molar-refractivity contribution < 1.29 is 40.3 Å². The van der Waals surface area contributed by atoms with E-state index in [2.05, 4.69) is 4.74 Å². The molecule has 2 nitrogen and oxygen atoms in total. The lowest BCUT2D eigenvalue weighted by Crippen LogP contribution is -2.26. The number of hydrogen-bond donors (Lipinski definition) is 0. The van der Waals surface area contributed by atoms with Crippen LogP contribution in [0.1, 0.15) is 30.5 Å². The van der Waals surface area contributed by atoms with Crippen LogP contribution < -0.4 is 0 Å². The van der Waals surface area contributed by atoms with Gasteiger partial charge in [-0.2, -0.15) is 22.0 Å². The van der Waals surface area contributed by atoms with Crippen LogP contribution in [0.4, 0.5) is 30.7 Å². The van der Waals surface area contributed by atoms with Crippen LogP contribution in [0.25, 0.3) is 0 Å². The number of carbonyl (C=O) groups excluding carboxylic acids is 1. The molecule has 2 unspecified atom stereocenters. The quantitative estimate of drug-likeness (QED) is 0.316. The van der Waals surface area contributed by atoms with Crippen molar-refractivity contribution in [3.63, 3.8) is 0 Å². The molecule has 0 spiro atoms. The number of carbonyl (C=O) groups is 1. The molecule has 10 heteroatoms. The Hall–Kier alpha value is -2.55. The summed E-state index contributed by atoms with van der Waals surface area (Å²) < 4.78 is 100. The Balaban J connectivity index is 1.79. The number of hydrogen-bond acceptors (Lipinski definition) is 2. The van der Waals surface area contributed by atoms with Crippen LogP contribution in [-0.2, 0) is 22.1 Å². The van der Waals surface area contributed by atoms with E-state index < -0.39 is 57.7 Å². The third-order valence-electron chi connectivity index (χ3n) is 5.70. The van der Waals surface area contributed by atoms with Crippen molar-refractivity contribution >= 4 is 17.6 Å². The molecule has 1 aliphatic rings. The largest absolute Gasteiger partial charge is 0.431 e. The molecule has 0 aliphatic heterocycles. The summed E-state index contributed by atoms with van der Waals surface area (Å²) in [5, 5.41) is -1.50. The molecule has 0 aromatic heterocycles. The van der Waals surface area contributed by atoms with Crippen LogP contribution in [0.15, 0.2) is 53.6 Å². The third-order valence-corrected chi connectivity index (χ3v) is 6.04. The van der Waals surface area contributed by atoms with E-state index in [-0.39, 0.29) is 12.0 Å². The van der Waals surface area contributed by atoms with Crippen LogP contribution in [0.2, 0.25) is 0 Å². The van der Waals surface area contributed by atoms with Crippen molar-refractivity contribution in [1.82, 2.24) is 0 Å². The Morgan fingerprint density at radius 2 is 1.64 bits per heavy atom. The van der Waals surface area contributed by atoms with Gasteiger partial charge in [-0.3, -0.25) is 4.79 Å². The molecule has 2 aromatic rings. The van der Waals surface area contributed by atoms with Gasteiger partial charge in [-0.1, -0.05) is 67.9 Å². The summed E-state index contributed by atoms with van der Waals surface area (Å²) in [7, 11) is 0. The van der Waals surface area contributed by atoms with Gasteiger partial charge in [0, 0.05) is 6.42 Å². The summed E-state index contributed by atoms with van der Waals surface area (Å²) in [5.41, 5.74) is -2.21. The van der Waals surface area contributed by atoms with Gasteiger partial charge in [0.1, 0.15) is 10.6 Å². The molecule has 0 radical (unpaired) electrons. The number of rotatable bonds is 6. The molecule has 1 fully saturated rings. The van der Waals surface area contributed by atoms with E-state index in [4.69, 9.17) is 11.6 Å². The highest BCUT2D eigenvalue weighted by Gasteiger charge is 2.63. The summed E-state index contributed by atoms with van der Waals surface area (Å²) >= 11 is 5.17. The van der Waals surface area contributed by atoms with E-state index in [0.717, 1.165) is 6.07 Å². The lowest BCUT2D eigenvalue weighted by atomic mass is 10.0. The summed E-state index contributed by atoms with van der Waals surface area (Å²) in [4.78, 5) is 12.3. The molecular formula is C23H18ClF7O2. The van der Waals surface area contributed by atoms with Gasteiger partial charge in [0.25, 0.3) is 0 Å². The molecule has 0 heterocycles. The monoisotopic (exact) mass is 494 g/mol. The second-order valence-corrected chi connectivity index (χ2v) is 8.74. The first-order valence-electron chi connectivity index (χ1n) is 9.72. The van der Waals surface area contributed by atoms with Crippen LogP contribution in [0.5, 0.6) is 0 Å². The summed E-state index contributed by atoms with van der Waals surface area (Å²) in [6, 6.07) is 9.93. The molecule has 178 valence electrons. The van der Waals surface area contributed by atoms with Crippen LogP contribution in [-0.4, -0.2) is 12.1 Å². The minimum Gasteiger partial charge on any atom is -0.397 e. The Morgan fingerprint density at radius 3 is 2.21 bits per heavy atom. The van der Waals surface area contributed by atoms with Crippen molar-refractivity contribution in [2.45, 2.75) is 32.6 Å². The van der Waals surface area contributed by atoms with Gasteiger partial charge >= 0.3 is 18.3 Å². The van der Waals surface area contributed by atoms with Gasteiger partial charge in [0.15, 0.2) is 11.6 Å². The van der Waals surface area contributed by atoms with Crippen LogP contribution >= 0.6 is 11.6 Å². The van der Waals surface area contributed by atoms with Gasteiger partial charge in [-0.15, -0.1) is 0 Å². The molecule has 3 rings (SSSR count). The maximum absolute atomic E-state index is 14.6. The lowest BCUT2D eigenvalue weighted by Gasteiger charge is -2.19. The summed E-state index contributed by atoms with van der Waals surface area (Å²) in [6.07, 6.45) is -8.90. The summed E-state index contributed by atoms with van der Waals surface area (Å²) in [6.45, 7) is 2.74. The number of alkyl halides is 5. The van der Waals surface area contributed by atoms with Gasteiger partial charge < -0.3 is 4.74 Å². The summed E-state index contributed by atoms with van der Waals surface area (Å²) in [5.74, 6) is -7.44. The average Bonchev–Trinajstić information content (AvgIpc) is 3.25. The number of esters is 1. The van der Waals surface area contributed by atoms with Crippen LogP contribution in [0, 0.1) is 28.9 Å². The zero-order valence-electron chi connectivity index (χ0n) is 17.3. The van der Waals surface area contributed by atoms with E-state index in [1.165, 1.54) is 13.8 Å². The fourth-order valence-corrected chi connectivity index (χ4v) is 3.84. The molecule has 2 atom stereocenters. The molecule has 2 aromatic carbocycles. The molecule has 33 heavy (non-hydrogen) atoms. The number of ether oxygens (including phenoxy) is 1. The standard InChI is InChI=1S/C23H18ClF7O2/c1-21(2)15(11-16(24)22(27,28)29)17(21)20(32)33-23(30,31)14-9-8-13(18(25)19(14)26)10-12-6-4-3-5-7-12/h3-9,11,15,17H,10H2,1-2H3. The molecule has 1 aliphatic carbocycles. The molecule has 0 bridgehead atoms. The smallest absolute Gasteiger partial charge is 0.397 e. The van der Waals surface area contributed by atoms with Gasteiger partial charge in [-0.05, 0) is 28.5 Å². The van der Waals surface area contributed by atoms with E-state index in [1.807, 2.05) is 0 Å². The van der Waals surface area contributed by atoms with Crippen molar-refractivity contribution in [3.05, 3.63) is 81.9 Å². The number of allylic oxidation sites excluding steroid dienone is 2. The van der Waals surface area contributed by atoms with Crippen molar-refractivity contribution in [1.29, 1.82) is 0 Å². The lowest BCUT2D eigenvalue weighted by molar-refractivity contribution is -0.243. The Morgan fingerprint density at radius 1 is 1.03 bits per heavy atom. The SMILES string of the molecule is CC1(C)C(C=C(Cl)C(F)(F)F)C1C(=O)OC(F)(F)c1ccc(Cc2ccccc2)c(F)c1F. The van der Waals surface area contributed by atoms with E-state index >= 15 is 0 Å². The van der Waals surface area contributed by atoms with Gasteiger partial charge in [0.2, 0.25) is 0 Å². The average molecular weight is 495 g/mol. The molecule has 0 N–H and O–H groups in total. The highest BCUT2D eigenvalue weighted by atomic mass is 35.5. The number of benzene rings is 2. The fourth-order valence-electron chi connectivity index (χ4n) is 3.70. The highest BCUT2D eigenvalue weighted by molar-refractivity contribution is 6.30. The van der Waals surface area contributed by atoms with Crippen molar-refractivity contribution in [3.8, 4) is 0 Å². The van der Waals surface area contributed by atoms with Crippen molar-refractivity contribution in [2.75, 3.05) is 0 Å². The van der Waals surface area contributed by atoms with Gasteiger partial charge in [0.05, 0.1) is 5.92 Å². The van der Waals surface area contributed by atoms with Crippen LogP contribution in [0.3, 0.4) is 0 Å². The van der Waals surface area contributed by atoms with Gasteiger partial charge in [-0.25, -0.2) is 8.78 Å². The Kier molecular flexibility index (Phi) is 6.59. The van der Waals surface area contributed by atoms with E-state index in [9.17, 15) is 35.5 Å². The zero-order chi connectivity index (χ0) is 24.8. The second kappa shape index (κ2) is 8.66. The van der Waals surface area contributed by atoms with E-state index in [0.29, 0.717) is 17.7 Å². The van der Waals surface area contributed by atoms with Crippen molar-refractivity contribution in [2.24, 2.45) is 17.3 Å². The predicted molar refractivity (Wildman–Crippen MR) is 106 cm³/mol. The second-order valence-electron chi connectivity index (χ2n) is 8.34. The topological polar surface area (TPSA) is 26.3 Å². The molecule has 0 saturated heterocycles. The van der Waals surface area contributed by atoms with E-state index in [1.54, 1.807) is 30.3 Å².